The number of methoxy groups -OCH3 is 1. The highest BCUT2D eigenvalue weighted by atomic mass is 32.2. The van der Waals surface area contributed by atoms with E-state index in [0.29, 0.717) is 0 Å². The van der Waals surface area contributed by atoms with Gasteiger partial charge in [-0.15, -0.1) is 0 Å². The van der Waals surface area contributed by atoms with Crippen LogP contribution in [-0.2, 0) is 20.2 Å². The normalized spacial score (nSPS) is 11.4. The van der Waals surface area contributed by atoms with Crippen molar-refractivity contribution in [3.63, 3.8) is 0 Å². The molecule has 1 aromatic carbocycles. The third kappa shape index (κ3) is 3.76. The van der Waals surface area contributed by atoms with Crippen LogP contribution in [0.25, 0.3) is 0 Å². The van der Waals surface area contributed by atoms with Gasteiger partial charge >= 0.3 is 16.6 Å². The number of benzene rings is 1. The van der Waals surface area contributed by atoms with E-state index in [4.69, 9.17) is 9.99 Å². The summed E-state index contributed by atoms with van der Waals surface area (Å²) in [6, 6.07) is 3.80. The molecule has 1 atom stereocenters. The molecule has 1 unspecified atom stereocenters. The first-order valence-electron chi connectivity index (χ1n) is 4.28. The smallest absolute Gasteiger partial charge is 0.443 e. The number of nitrogens with zero attached hydrogens (tertiary/aromatic N) is 3. The summed E-state index contributed by atoms with van der Waals surface area (Å²) in [6.07, 6.45) is 0. The number of rotatable bonds is 5. The van der Waals surface area contributed by atoms with Crippen molar-refractivity contribution >= 4 is 22.3 Å². The Bertz CT molecular complexity index is 562. The first-order valence-corrected chi connectivity index (χ1v) is 5.41. The molecule has 1 N–H and O–H groups in total. The highest BCUT2D eigenvalue weighted by Gasteiger charge is 2.18. The molecule has 1 aromatic rings. The van der Waals surface area contributed by atoms with Gasteiger partial charge in [0.05, 0.1) is 18.1 Å². The summed E-state index contributed by atoms with van der Waals surface area (Å²) in [7, 11) is -1.41. The zero-order valence-electron chi connectivity index (χ0n) is 8.92. The van der Waals surface area contributed by atoms with Gasteiger partial charge in [-0.05, 0) is 16.5 Å². The summed E-state index contributed by atoms with van der Waals surface area (Å²) in [5, 5.41) is 25.0. The van der Waals surface area contributed by atoms with Gasteiger partial charge in [-0.25, -0.2) is 5.26 Å². The van der Waals surface area contributed by atoms with Crippen LogP contribution in [0.15, 0.2) is 23.3 Å². The van der Waals surface area contributed by atoms with Gasteiger partial charge < -0.3 is 4.74 Å². The molecular weight excluding hydrogens is 270 g/mol. The molecule has 0 radical (unpaired) electrons. The molecule has 0 heterocycles. The maximum atomic E-state index is 10.8. The van der Waals surface area contributed by atoms with Gasteiger partial charge in [0.15, 0.2) is 4.16 Å². The Balaban J connectivity index is 3.21. The minimum absolute atomic E-state index is 0.148. The van der Waals surface area contributed by atoms with Crippen LogP contribution in [0.4, 0.5) is 11.4 Å². The Morgan fingerprint density at radius 3 is 2.83 bits per heavy atom. The number of nitro benzene ring substituents is 1. The number of thiol groups is 1. The van der Waals surface area contributed by atoms with Crippen molar-refractivity contribution in [3.05, 3.63) is 28.3 Å². The number of ether oxygens (including phenoxy) is 1. The van der Waals surface area contributed by atoms with E-state index in [9.17, 15) is 14.3 Å². The topological polar surface area (TPSA) is 135 Å². The van der Waals surface area contributed by atoms with Gasteiger partial charge in [-0.2, -0.15) is 4.21 Å². The van der Waals surface area contributed by atoms with E-state index in [-0.39, 0.29) is 17.1 Å². The van der Waals surface area contributed by atoms with E-state index < -0.39 is 15.8 Å². The lowest BCUT2D eigenvalue weighted by molar-refractivity contribution is -0.434. The molecule has 0 aromatic heterocycles. The van der Waals surface area contributed by atoms with Crippen molar-refractivity contribution in [2.75, 3.05) is 7.11 Å². The lowest BCUT2D eigenvalue weighted by atomic mass is 10.2. The van der Waals surface area contributed by atoms with Gasteiger partial charge in [0.2, 0.25) is 5.69 Å². The van der Waals surface area contributed by atoms with Crippen LogP contribution in [0.5, 0.6) is 5.75 Å². The Kier molecular flexibility index (Phi) is 5.17. The van der Waals surface area contributed by atoms with Crippen molar-refractivity contribution in [1.29, 1.82) is 0 Å². The summed E-state index contributed by atoms with van der Waals surface area (Å²) in [6.45, 7) is 0. The molecule has 0 saturated heterocycles. The average Bonchev–Trinajstić information content (AvgIpc) is 2.36. The largest absolute Gasteiger partial charge is 0.496 e. The van der Waals surface area contributed by atoms with E-state index in [2.05, 4.69) is 18.6 Å². The molecule has 10 nitrogen and oxygen atoms in total. The van der Waals surface area contributed by atoms with E-state index >= 15 is 0 Å². The maximum Gasteiger partial charge on any atom is 0.443 e. The zero-order valence-corrected chi connectivity index (χ0v) is 9.81. The second-order valence-corrected chi connectivity index (χ2v) is 3.49. The van der Waals surface area contributed by atoms with Gasteiger partial charge in [0, 0.05) is 0 Å². The van der Waals surface area contributed by atoms with E-state index in [1.54, 1.807) is 0 Å². The molecule has 0 aliphatic carbocycles. The molecule has 11 heteroatoms. The first-order chi connectivity index (χ1) is 8.58. The third-order valence-corrected chi connectivity index (χ3v) is 2.13. The number of nitro groups is 1. The quantitative estimate of drug-likeness (QED) is 0.202. The van der Waals surface area contributed by atoms with Crippen LogP contribution in [0.2, 0.25) is 0 Å². The summed E-state index contributed by atoms with van der Waals surface area (Å²) in [5.41, 5.74) is -0.530. The SMILES string of the molecule is COc1ccc(N=[N+]=[SH](=O)OOO)c([N+](=O)[O-])c1. The molecular formula is C7H8N3O7S+. The molecule has 0 aliphatic heterocycles. The minimum atomic E-state index is -2.77. The van der Waals surface area contributed by atoms with Gasteiger partial charge in [0.1, 0.15) is 10.9 Å². The molecule has 98 valence electrons. The number of hydrogen-bond acceptors (Lipinski definition) is 8. The van der Waals surface area contributed by atoms with Crippen LogP contribution in [-0.4, -0.2) is 21.5 Å². The Labute approximate surface area is 102 Å². The highest BCUT2D eigenvalue weighted by Crippen LogP contribution is 2.30. The second kappa shape index (κ2) is 6.64. The first kappa shape index (κ1) is 14.0. The monoisotopic (exact) mass is 278 g/mol. The van der Waals surface area contributed by atoms with Crippen molar-refractivity contribution in [1.82, 2.24) is 4.16 Å². The van der Waals surface area contributed by atoms with Crippen LogP contribution in [0, 0.1) is 10.1 Å². The average molecular weight is 278 g/mol. The predicted octanol–water partition coefficient (Wildman–Crippen LogP) is 0.755. The van der Waals surface area contributed by atoms with Gasteiger partial charge in [-0.1, -0.05) is 5.04 Å². The minimum Gasteiger partial charge on any atom is -0.496 e. The fraction of sp³-hybridized carbons (Fsp3) is 0.143. The lowest BCUT2D eigenvalue weighted by Gasteiger charge is -1.98. The zero-order chi connectivity index (χ0) is 13.5. The van der Waals surface area contributed by atoms with Crippen LogP contribution in [0.3, 0.4) is 0 Å². The van der Waals surface area contributed by atoms with E-state index in [1.807, 2.05) is 0 Å². The molecule has 18 heavy (non-hydrogen) atoms. The molecule has 0 aliphatic rings. The fourth-order valence-corrected chi connectivity index (χ4v) is 1.25. The van der Waals surface area contributed by atoms with Crippen molar-refractivity contribution in [3.8, 4) is 5.75 Å². The molecule has 1 rings (SSSR count). The summed E-state index contributed by atoms with van der Waals surface area (Å²) in [5.74, 6) is 0.264. The molecule has 0 spiro atoms. The molecule has 0 amide bonds. The highest BCUT2D eigenvalue weighted by molar-refractivity contribution is 7.68. The Morgan fingerprint density at radius 2 is 2.28 bits per heavy atom. The summed E-state index contributed by atoms with van der Waals surface area (Å²) < 4.78 is 22.4. The Hall–Kier alpha value is -2.04. The summed E-state index contributed by atoms with van der Waals surface area (Å²) in [4.78, 5) is 10.0. The third-order valence-electron chi connectivity index (χ3n) is 1.70. The second-order valence-electron chi connectivity index (χ2n) is 2.69. The van der Waals surface area contributed by atoms with E-state index in [0.717, 1.165) is 6.07 Å². The van der Waals surface area contributed by atoms with Crippen molar-refractivity contribution in [2.24, 2.45) is 5.11 Å². The van der Waals surface area contributed by atoms with Crippen LogP contribution >= 0.6 is 0 Å². The maximum absolute atomic E-state index is 10.8. The molecule has 0 fully saturated rings. The fourth-order valence-electron chi connectivity index (χ4n) is 0.989. The Morgan fingerprint density at radius 1 is 1.56 bits per heavy atom. The van der Waals surface area contributed by atoms with Gasteiger partial charge in [0.25, 0.3) is 0 Å². The molecule has 0 saturated carbocycles. The van der Waals surface area contributed by atoms with Crippen LogP contribution in [0.1, 0.15) is 0 Å². The standard InChI is InChI=1S/C7H7N3O7S/c1-15-5-2-3-6(7(4-5)10(11)12)8-9-18(14)17-16-13/h2-4,18H,1H3/p+1. The summed E-state index contributed by atoms with van der Waals surface area (Å²) >= 11 is 0. The predicted molar refractivity (Wildman–Crippen MR) is 58.2 cm³/mol. The molecule has 0 bridgehead atoms. The van der Waals surface area contributed by atoms with E-state index in [1.165, 1.54) is 19.2 Å². The van der Waals surface area contributed by atoms with Crippen LogP contribution < -0.4 is 8.90 Å². The number of hydrogen-bond donors (Lipinski definition) is 2. The van der Waals surface area contributed by atoms with Crippen molar-refractivity contribution in [2.45, 2.75) is 0 Å². The lowest BCUT2D eigenvalue weighted by Crippen LogP contribution is -1.91. The van der Waals surface area contributed by atoms with Crippen molar-refractivity contribution < 1.29 is 28.5 Å². The van der Waals surface area contributed by atoms with Gasteiger partial charge in [-0.3, -0.25) is 10.1 Å².